The molecule has 3 aromatic rings. The van der Waals surface area contributed by atoms with Crippen LogP contribution in [0.4, 0.5) is 5.69 Å². The Bertz CT molecular complexity index is 1220. The number of aromatic carboxylic acids is 1. The topological polar surface area (TPSA) is 75.6 Å². The largest absolute Gasteiger partial charge is 0.478 e. The molecule has 0 fully saturated rings. The van der Waals surface area contributed by atoms with Crippen LogP contribution in [0.2, 0.25) is 0 Å². The Morgan fingerprint density at radius 1 is 1.03 bits per heavy atom. The number of carbonyl (C=O) groups excluding carboxylic acids is 1. The lowest BCUT2D eigenvalue weighted by molar-refractivity contribution is 0.0695. The van der Waals surface area contributed by atoms with Crippen molar-refractivity contribution in [3.63, 3.8) is 0 Å². The predicted octanol–water partition coefficient (Wildman–Crippen LogP) is 6.19. The summed E-state index contributed by atoms with van der Waals surface area (Å²) in [6.07, 6.45) is 5.24. The molecule has 5 nitrogen and oxygen atoms in total. The van der Waals surface area contributed by atoms with E-state index in [9.17, 15) is 14.7 Å². The first-order chi connectivity index (χ1) is 15.5. The Balaban J connectivity index is 1.43. The van der Waals surface area contributed by atoms with Gasteiger partial charge in [0.15, 0.2) is 0 Å². The number of carboxylic acids is 1. The Kier molecular flexibility index (Phi) is 5.31. The summed E-state index contributed by atoms with van der Waals surface area (Å²) in [5, 5.41) is 13.2. The van der Waals surface area contributed by atoms with Crippen LogP contribution in [0.1, 0.15) is 50.2 Å². The van der Waals surface area contributed by atoms with Gasteiger partial charge < -0.3 is 15.2 Å². The Morgan fingerprint density at radius 2 is 1.78 bits per heavy atom. The molecule has 1 aliphatic carbocycles. The van der Waals surface area contributed by atoms with Gasteiger partial charge in [-0.05, 0) is 59.9 Å². The SMILES string of the molecule is O=C(Oc1ccc([C@@H]2Nc3c(C(=O)O)cc(Br)cc3[C@@H]3C=CC[C@@H]32)cc1)c1ccccc1. The van der Waals surface area contributed by atoms with Crippen LogP contribution in [0.15, 0.2) is 83.4 Å². The van der Waals surface area contributed by atoms with Crippen molar-refractivity contribution >= 4 is 33.6 Å². The third-order valence-electron chi connectivity index (χ3n) is 6.12. The maximum absolute atomic E-state index is 12.3. The fraction of sp³-hybridized carbons (Fsp3) is 0.154. The zero-order chi connectivity index (χ0) is 22.2. The van der Waals surface area contributed by atoms with Gasteiger partial charge in [-0.2, -0.15) is 0 Å². The third kappa shape index (κ3) is 3.71. The molecule has 0 radical (unpaired) electrons. The van der Waals surface area contributed by atoms with Crippen LogP contribution in [0, 0.1) is 5.92 Å². The summed E-state index contributed by atoms with van der Waals surface area (Å²) in [7, 11) is 0. The standard InChI is InChI=1S/C26H20BrNO4/c27-17-13-21-19-7-4-8-20(19)23(28-24(21)22(14-17)25(29)30)15-9-11-18(12-10-15)32-26(31)16-5-2-1-3-6-16/h1-7,9-14,19-20,23,28H,8H2,(H,29,30)/t19-,20+,23+/m1/s1. The van der Waals surface area contributed by atoms with Crippen molar-refractivity contribution in [2.75, 3.05) is 5.32 Å². The van der Waals surface area contributed by atoms with E-state index in [1.165, 1.54) is 0 Å². The zero-order valence-corrected chi connectivity index (χ0v) is 18.6. The number of ether oxygens (including phenoxy) is 1. The van der Waals surface area contributed by atoms with Gasteiger partial charge in [0.05, 0.1) is 22.9 Å². The highest BCUT2D eigenvalue weighted by Gasteiger charge is 2.39. The van der Waals surface area contributed by atoms with Gasteiger partial charge in [0, 0.05) is 10.4 Å². The minimum Gasteiger partial charge on any atom is -0.478 e. The number of hydrogen-bond acceptors (Lipinski definition) is 4. The molecule has 3 aromatic carbocycles. The molecule has 0 amide bonds. The maximum atomic E-state index is 12.3. The first kappa shape index (κ1) is 20.5. The van der Waals surface area contributed by atoms with Crippen molar-refractivity contribution in [2.24, 2.45) is 5.92 Å². The second kappa shape index (κ2) is 8.28. The van der Waals surface area contributed by atoms with Crippen molar-refractivity contribution in [3.8, 4) is 5.75 Å². The van der Waals surface area contributed by atoms with E-state index in [0.717, 1.165) is 22.0 Å². The molecular weight excluding hydrogens is 470 g/mol. The summed E-state index contributed by atoms with van der Waals surface area (Å²) in [5.41, 5.74) is 3.44. The van der Waals surface area contributed by atoms with Crippen molar-refractivity contribution in [1.82, 2.24) is 0 Å². The second-order valence-electron chi connectivity index (χ2n) is 8.02. The van der Waals surface area contributed by atoms with Crippen LogP contribution >= 0.6 is 15.9 Å². The van der Waals surface area contributed by atoms with E-state index in [0.29, 0.717) is 17.0 Å². The fourth-order valence-electron chi connectivity index (χ4n) is 4.65. The minimum atomic E-state index is -0.961. The normalized spacial score (nSPS) is 20.7. The number of esters is 1. The average Bonchev–Trinajstić information content (AvgIpc) is 3.30. The van der Waals surface area contributed by atoms with Crippen LogP contribution in [0.5, 0.6) is 5.75 Å². The van der Waals surface area contributed by atoms with E-state index in [2.05, 4.69) is 33.4 Å². The number of allylic oxidation sites excluding steroid dienone is 2. The van der Waals surface area contributed by atoms with E-state index in [1.54, 1.807) is 42.5 Å². The lowest BCUT2D eigenvalue weighted by atomic mass is 9.76. The van der Waals surface area contributed by atoms with Crippen LogP contribution in [-0.2, 0) is 0 Å². The van der Waals surface area contributed by atoms with Crippen LogP contribution < -0.4 is 10.1 Å². The lowest BCUT2D eigenvalue weighted by Crippen LogP contribution is -2.30. The van der Waals surface area contributed by atoms with Gasteiger partial charge in [-0.3, -0.25) is 0 Å². The number of fused-ring (bicyclic) bond motifs is 3. The highest BCUT2D eigenvalue weighted by molar-refractivity contribution is 9.10. The molecule has 32 heavy (non-hydrogen) atoms. The summed E-state index contributed by atoms with van der Waals surface area (Å²) in [6, 6.07) is 19.9. The quantitative estimate of drug-likeness (QED) is 0.259. The molecule has 0 saturated carbocycles. The molecule has 0 aromatic heterocycles. The number of rotatable bonds is 4. The average molecular weight is 490 g/mol. The van der Waals surface area contributed by atoms with Crippen LogP contribution in [-0.4, -0.2) is 17.0 Å². The number of carboxylic acid groups (broad SMARTS) is 1. The number of benzene rings is 3. The first-order valence-corrected chi connectivity index (χ1v) is 11.2. The molecule has 1 heterocycles. The van der Waals surface area contributed by atoms with Crippen molar-refractivity contribution in [3.05, 3.63) is 106 Å². The first-order valence-electron chi connectivity index (χ1n) is 10.4. The summed E-state index contributed by atoms with van der Waals surface area (Å²) >= 11 is 3.45. The summed E-state index contributed by atoms with van der Waals surface area (Å²) < 4.78 is 6.26. The van der Waals surface area contributed by atoms with Crippen molar-refractivity contribution in [2.45, 2.75) is 18.4 Å². The highest BCUT2D eigenvalue weighted by Crippen LogP contribution is 2.51. The van der Waals surface area contributed by atoms with Gasteiger partial charge in [0.25, 0.3) is 0 Å². The summed E-state index contributed by atoms with van der Waals surface area (Å²) in [5.74, 6) is -0.481. The van der Waals surface area contributed by atoms with Gasteiger partial charge >= 0.3 is 11.9 Å². The summed E-state index contributed by atoms with van der Waals surface area (Å²) in [4.78, 5) is 24.2. The van der Waals surface area contributed by atoms with Gasteiger partial charge in [-0.25, -0.2) is 9.59 Å². The molecule has 160 valence electrons. The molecule has 0 spiro atoms. The molecule has 0 bridgehead atoms. The molecule has 2 N–H and O–H groups in total. The molecular formula is C26H20BrNO4. The van der Waals surface area contributed by atoms with E-state index in [1.807, 2.05) is 24.3 Å². The lowest BCUT2D eigenvalue weighted by Gasteiger charge is -2.38. The van der Waals surface area contributed by atoms with Crippen molar-refractivity contribution < 1.29 is 19.4 Å². The van der Waals surface area contributed by atoms with Gasteiger partial charge in [-0.1, -0.05) is 58.4 Å². The molecule has 5 rings (SSSR count). The summed E-state index contributed by atoms with van der Waals surface area (Å²) in [6.45, 7) is 0. The van der Waals surface area contributed by atoms with Gasteiger partial charge in [0.1, 0.15) is 5.75 Å². The van der Waals surface area contributed by atoms with E-state index < -0.39 is 11.9 Å². The fourth-order valence-corrected chi connectivity index (χ4v) is 5.12. The van der Waals surface area contributed by atoms with E-state index in [-0.39, 0.29) is 23.4 Å². The third-order valence-corrected chi connectivity index (χ3v) is 6.58. The smallest absolute Gasteiger partial charge is 0.343 e. The minimum absolute atomic E-state index is 0.0550. The molecule has 6 heteroatoms. The number of nitrogens with one attached hydrogen (secondary N) is 1. The van der Waals surface area contributed by atoms with Gasteiger partial charge in [0.2, 0.25) is 0 Å². The molecule has 0 saturated heterocycles. The Hall–Kier alpha value is -3.38. The number of anilines is 1. The van der Waals surface area contributed by atoms with Gasteiger partial charge in [-0.15, -0.1) is 0 Å². The maximum Gasteiger partial charge on any atom is 0.343 e. The van der Waals surface area contributed by atoms with Crippen LogP contribution in [0.3, 0.4) is 0 Å². The van der Waals surface area contributed by atoms with Crippen molar-refractivity contribution in [1.29, 1.82) is 0 Å². The van der Waals surface area contributed by atoms with E-state index >= 15 is 0 Å². The Morgan fingerprint density at radius 3 is 2.50 bits per heavy atom. The van der Waals surface area contributed by atoms with Crippen LogP contribution in [0.25, 0.3) is 0 Å². The number of carbonyl (C=O) groups is 2. The zero-order valence-electron chi connectivity index (χ0n) is 17.0. The highest BCUT2D eigenvalue weighted by atomic mass is 79.9. The predicted molar refractivity (Wildman–Crippen MR) is 125 cm³/mol. The second-order valence-corrected chi connectivity index (χ2v) is 8.94. The Labute approximate surface area is 193 Å². The monoisotopic (exact) mass is 489 g/mol. The molecule has 1 aliphatic heterocycles. The molecule has 0 unspecified atom stereocenters. The van der Waals surface area contributed by atoms with E-state index in [4.69, 9.17) is 4.74 Å². The number of hydrogen-bond donors (Lipinski definition) is 2. The molecule has 3 atom stereocenters. The molecule has 2 aliphatic rings. The number of halogens is 1.